The molecule has 110 valence electrons. The van der Waals surface area contributed by atoms with E-state index in [0.717, 1.165) is 38.5 Å². The Labute approximate surface area is 120 Å². The predicted octanol–water partition coefficient (Wildman–Crippen LogP) is 2.83. The molecule has 3 bridgehead atoms. The zero-order valence-corrected chi connectivity index (χ0v) is 12.4. The Morgan fingerprint density at radius 2 is 2.05 bits per heavy atom. The summed E-state index contributed by atoms with van der Waals surface area (Å²) in [6.07, 6.45) is 5.90. The van der Waals surface area contributed by atoms with Gasteiger partial charge in [-0.1, -0.05) is 13.5 Å². The van der Waals surface area contributed by atoms with Crippen molar-refractivity contribution in [1.82, 2.24) is 0 Å². The van der Waals surface area contributed by atoms with Crippen molar-refractivity contribution < 1.29 is 14.6 Å². The fourth-order valence-corrected chi connectivity index (χ4v) is 6.44. The second-order valence-corrected chi connectivity index (χ2v) is 7.91. The topological polar surface area (TPSA) is 46.5 Å². The molecule has 0 aliphatic heterocycles. The van der Waals surface area contributed by atoms with Crippen LogP contribution in [0.4, 0.5) is 0 Å². The minimum Gasteiger partial charge on any atom is -0.455 e. The van der Waals surface area contributed by atoms with Crippen LogP contribution in [0.2, 0.25) is 0 Å². The van der Waals surface area contributed by atoms with Crippen molar-refractivity contribution in [2.24, 2.45) is 23.2 Å². The fraction of sp³-hybridized carbons (Fsp3) is 0.824. The first-order valence-corrected chi connectivity index (χ1v) is 7.96. The molecule has 4 aliphatic rings. The second-order valence-electron chi connectivity index (χ2n) is 7.91. The molecular weight excluding hydrogens is 252 g/mol. The number of hydrogen-bond donors (Lipinski definition) is 1. The number of fused-ring (bicyclic) bond motifs is 2. The average molecular weight is 276 g/mol. The zero-order valence-electron chi connectivity index (χ0n) is 12.4. The van der Waals surface area contributed by atoms with Crippen molar-refractivity contribution in [3.8, 4) is 0 Å². The lowest BCUT2D eigenvalue weighted by atomic mass is 9.53. The van der Waals surface area contributed by atoms with Gasteiger partial charge < -0.3 is 9.84 Å². The minimum atomic E-state index is -0.477. The van der Waals surface area contributed by atoms with Gasteiger partial charge in [0.15, 0.2) is 0 Å². The molecule has 0 aromatic rings. The molecule has 1 N–H and O–H groups in total. The summed E-state index contributed by atoms with van der Waals surface area (Å²) in [6, 6.07) is 0. The Morgan fingerprint density at radius 1 is 1.35 bits per heavy atom. The number of rotatable bonds is 3. The quantitative estimate of drug-likeness (QED) is 0.637. The highest BCUT2D eigenvalue weighted by Gasteiger charge is 2.79. The first-order valence-electron chi connectivity index (χ1n) is 7.96. The van der Waals surface area contributed by atoms with Gasteiger partial charge in [0.2, 0.25) is 0 Å². The van der Waals surface area contributed by atoms with Crippen LogP contribution in [-0.2, 0) is 9.53 Å². The van der Waals surface area contributed by atoms with Crippen molar-refractivity contribution in [2.75, 3.05) is 0 Å². The third kappa shape index (κ3) is 1.24. The van der Waals surface area contributed by atoms with Crippen molar-refractivity contribution in [3.05, 3.63) is 12.2 Å². The van der Waals surface area contributed by atoms with Crippen LogP contribution in [0.25, 0.3) is 0 Å². The van der Waals surface area contributed by atoms with E-state index in [1.807, 2.05) is 0 Å². The molecule has 20 heavy (non-hydrogen) atoms. The third-order valence-corrected chi connectivity index (χ3v) is 7.03. The van der Waals surface area contributed by atoms with Crippen LogP contribution in [-0.4, -0.2) is 22.3 Å². The molecule has 0 radical (unpaired) electrons. The van der Waals surface area contributed by atoms with Crippen LogP contribution in [0.1, 0.15) is 52.4 Å². The van der Waals surface area contributed by atoms with Crippen molar-refractivity contribution in [2.45, 2.75) is 63.6 Å². The van der Waals surface area contributed by atoms with Crippen LogP contribution in [0, 0.1) is 23.2 Å². The molecule has 0 aromatic carbocycles. The molecule has 0 saturated heterocycles. The highest BCUT2D eigenvalue weighted by Crippen LogP contribution is 2.80. The zero-order chi connectivity index (χ0) is 14.3. The third-order valence-electron chi connectivity index (χ3n) is 7.03. The van der Waals surface area contributed by atoms with E-state index >= 15 is 0 Å². The molecule has 3 heteroatoms. The first-order chi connectivity index (χ1) is 9.35. The standard InChI is InChI=1S/C17H24O3/c1-4-17(20-14(18)10(2)3)12-7-15(19)6-11-5-13(17)16(11,8-12)9-15/h11-13,19H,2,4-9H2,1,3H3. The Bertz CT molecular complexity index is 510. The van der Waals surface area contributed by atoms with Crippen molar-refractivity contribution in [3.63, 3.8) is 0 Å². The minimum absolute atomic E-state index is 0.248. The molecule has 1 spiro atoms. The van der Waals surface area contributed by atoms with E-state index in [1.165, 1.54) is 0 Å². The maximum absolute atomic E-state index is 12.1. The Morgan fingerprint density at radius 3 is 2.70 bits per heavy atom. The molecule has 6 unspecified atom stereocenters. The van der Waals surface area contributed by atoms with Gasteiger partial charge in [-0.15, -0.1) is 0 Å². The second kappa shape index (κ2) is 3.49. The van der Waals surface area contributed by atoms with Crippen LogP contribution in [0.5, 0.6) is 0 Å². The van der Waals surface area contributed by atoms with Gasteiger partial charge in [0, 0.05) is 17.4 Å². The van der Waals surface area contributed by atoms with Gasteiger partial charge in [0.1, 0.15) is 5.60 Å². The van der Waals surface area contributed by atoms with Gasteiger partial charge in [0.25, 0.3) is 0 Å². The molecule has 4 saturated carbocycles. The van der Waals surface area contributed by atoms with E-state index in [9.17, 15) is 9.90 Å². The largest absolute Gasteiger partial charge is 0.455 e. The number of esters is 1. The molecular formula is C17H24O3. The van der Waals surface area contributed by atoms with Crippen LogP contribution >= 0.6 is 0 Å². The van der Waals surface area contributed by atoms with Gasteiger partial charge in [-0.2, -0.15) is 0 Å². The molecule has 4 fully saturated rings. The lowest BCUT2D eigenvalue weighted by Gasteiger charge is -2.53. The number of aliphatic hydroxyl groups is 1. The number of carbonyl (C=O) groups is 1. The summed E-state index contributed by atoms with van der Waals surface area (Å²) in [5.41, 5.74) is -0.0495. The maximum atomic E-state index is 12.1. The summed E-state index contributed by atoms with van der Waals surface area (Å²) in [6.45, 7) is 7.57. The van der Waals surface area contributed by atoms with Gasteiger partial charge in [-0.05, 0) is 56.8 Å². The lowest BCUT2D eigenvalue weighted by molar-refractivity contribution is -0.181. The predicted molar refractivity (Wildman–Crippen MR) is 74.9 cm³/mol. The fourth-order valence-electron chi connectivity index (χ4n) is 6.44. The van der Waals surface area contributed by atoms with Crippen LogP contribution in [0.15, 0.2) is 12.2 Å². The Balaban J connectivity index is 1.73. The summed E-state index contributed by atoms with van der Waals surface area (Å²) in [7, 11) is 0. The van der Waals surface area contributed by atoms with Gasteiger partial charge in [-0.3, -0.25) is 0 Å². The van der Waals surface area contributed by atoms with Gasteiger partial charge in [-0.25, -0.2) is 4.79 Å². The van der Waals surface area contributed by atoms with Gasteiger partial charge >= 0.3 is 5.97 Å². The van der Waals surface area contributed by atoms with E-state index in [2.05, 4.69) is 13.5 Å². The average Bonchev–Trinajstić information content (AvgIpc) is 2.62. The highest BCUT2D eigenvalue weighted by atomic mass is 16.6. The Kier molecular flexibility index (Phi) is 2.25. The lowest BCUT2D eigenvalue weighted by Crippen LogP contribution is -2.54. The monoisotopic (exact) mass is 276 g/mol. The smallest absolute Gasteiger partial charge is 0.333 e. The van der Waals surface area contributed by atoms with Gasteiger partial charge in [0.05, 0.1) is 5.60 Å². The summed E-state index contributed by atoms with van der Waals surface area (Å²) < 4.78 is 6.02. The Hall–Kier alpha value is -0.830. The molecule has 0 amide bonds. The summed E-state index contributed by atoms with van der Waals surface area (Å²) >= 11 is 0. The highest BCUT2D eigenvalue weighted by molar-refractivity contribution is 5.87. The summed E-state index contributed by atoms with van der Waals surface area (Å²) in [5, 5.41) is 10.8. The molecule has 4 rings (SSSR count). The van der Waals surface area contributed by atoms with E-state index in [4.69, 9.17) is 4.74 Å². The molecule has 0 heterocycles. The van der Waals surface area contributed by atoms with Crippen molar-refractivity contribution >= 4 is 5.97 Å². The maximum Gasteiger partial charge on any atom is 0.333 e. The van der Waals surface area contributed by atoms with E-state index in [0.29, 0.717) is 23.3 Å². The normalized spacial score (nSPS) is 54.5. The molecule has 3 nitrogen and oxygen atoms in total. The van der Waals surface area contributed by atoms with E-state index in [-0.39, 0.29) is 17.0 Å². The van der Waals surface area contributed by atoms with Crippen molar-refractivity contribution in [1.29, 1.82) is 0 Å². The number of carbonyl (C=O) groups excluding carboxylic acids is 1. The van der Waals surface area contributed by atoms with E-state index in [1.54, 1.807) is 6.92 Å². The summed E-state index contributed by atoms with van der Waals surface area (Å²) in [4.78, 5) is 12.1. The van der Waals surface area contributed by atoms with Crippen LogP contribution < -0.4 is 0 Å². The molecule has 4 aliphatic carbocycles. The SMILES string of the molecule is C=C(C)C(=O)OC1(CC)C2CC3(O)CC4CC1C4(C2)C3. The summed E-state index contributed by atoms with van der Waals surface area (Å²) in [5.74, 6) is 1.23. The first kappa shape index (κ1) is 12.9. The molecule has 6 atom stereocenters. The number of hydrogen-bond acceptors (Lipinski definition) is 3. The number of ether oxygens (including phenoxy) is 1. The van der Waals surface area contributed by atoms with Crippen LogP contribution in [0.3, 0.4) is 0 Å². The molecule has 0 aromatic heterocycles. The van der Waals surface area contributed by atoms with E-state index < -0.39 is 5.60 Å².